The van der Waals surface area contributed by atoms with Crippen LogP contribution in [0.2, 0.25) is 0 Å². The lowest BCUT2D eigenvalue weighted by Crippen LogP contribution is -2.30. The van der Waals surface area contributed by atoms with E-state index in [1.54, 1.807) is 0 Å². The molecule has 2 saturated heterocycles. The molecule has 2 nitrogen and oxygen atoms in total. The van der Waals surface area contributed by atoms with Gasteiger partial charge in [0.25, 0.3) is 0 Å². The van der Waals surface area contributed by atoms with Gasteiger partial charge in [-0.2, -0.15) is 0 Å². The van der Waals surface area contributed by atoms with Crippen LogP contribution < -0.4 is 0 Å². The molecule has 0 aliphatic carbocycles. The molecule has 3 heterocycles. The van der Waals surface area contributed by atoms with E-state index in [0.717, 1.165) is 11.8 Å². The van der Waals surface area contributed by atoms with E-state index < -0.39 is 0 Å². The molecule has 0 saturated carbocycles. The van der Waals surface area contributed by atoms with Crippen LogP contribution in [0.3, 0.4) is 0 Å². The Morgan fingerprint density at radius 3 is 2.19 bits per heavy atom. The van der Waals surface area contributed by atoms with Crippen LogP contribution >= 0.6 is 0 Å². The first-order chi connectivity index (χ1) is 7.77. The fourth-order valence-electron chi connectivity index (χ4n) is 3.07. The molecule has 3 rings (SSSR count). The van der Waals surface area contributed by atoms with Gasteiger partial charge in [-0.3, -0.25) is 0 Å². The Balaban J connectivity index is 0.000000291. The molecular formula is C14H27NO. The maximum Gasteiger partial charge on any atom is 0.0812 e. The normalized spacial score (nSPS) is 43.2. The van der Waals surface area contributed by atoms with Crippen LogP contribution in [0.15, 0.2) is 12.2 Å². The summed E-state index contributed by atoms with van der Waals surface area (Å²) >= 11 is 0. The first kappa shape index (κ1) is 13.7. The van der Waals surface area contributed by atoms with Gasteiger partial charge in [-0.25, -0.2) is 0 Å². The lowest BCUT2D eigenvalue weighted by atomic mass is 9.83. The Kier molecular flexibility index (Phi) is 5.00. The monoisotopic (exact) mass is 225 g/mol. The second kappa shape index (κ2) is 5.83. The minimum absolute atomic E-state index is 0.431. The van der Waals surface area contributed by atoms with Crippen molar-refractivity contribution in [3.63, 3.8) is 0 Å². The zero-order valence-electron chi connectivity index (χ0n) is 11.6. The molecule has 5 atom stereocenters. The standard InChI is InChI=1S/C10H15NO.2C2H6/c1-6-10-7(5-11(6)2)8-3-4-9(10)12-8;2*1-2/h3-4,6-10H,5H2,1-2H3;2*1-2H3. The second-order valence-electron chi connectivity index (χ2n) is 4.37. The van der Waals surface area contributed by atoms with Crippen LogP contribution in [0.25, 0.3) is 0 Å². The summed E-state index contributed by atoms with van der Waals surface area (Å²) in [6, 6.07) is 0.704. The van der Waals surface area contributed by atoms with Crippen LogP contribution in [0.4, 0.5) is 0 Å². The van der Waals surface area contributed by atoms with E-state index in [1.165, 1.54) is 6.54 Å². The highest BCUT2D eigenvalue weighted by Crippen LogP contribution is 2.46. The summed E-state index contributed by atoms with van der Waals surface area (Å²) in [7, 11) is 2.22. The largest absolute Gasteiger partial charge is 0.366 e. The van der Waals surface area contributed by atoms with E-state index in [1.807, 2.05) is 27.7 Å². The molecule has 2 heteroatoms. The number of fused-ring (bicyclic) bond motifs is 5. The van der Waals surface area contributed by atoms with E-state index in [4.69, 9.17) is 4.74 Å². The number of ether oxygens (including phenoxy) is 1. The zero-order chi connectivity index (χ0) is 12.3. The summed E-state index contributed by atoms with van der Waals surface area (Å²) in [4.78, 5) is 2.46. The topological polar surface area (TPSA) is 12.5 Å². The molecule has 0 aromatic heterocycles. The molecule has 0 N–H and O–H groups in total. The lowest BCUT2D eigenvalue weighted by Gasteiger charge is -2.22. The zero-order valence-corrected chi connectivity index (χ0v) is 11.6. The van der Waals surface area contributed by atoms with Crippen molar-refractivity contribution in [3.05, 3.63) is 12.2 Å². The molecule has 0 aromatic carbocycles. The highest BCUT2D eigenvalue weighted by atomic mass is 16.5. The molecule has 3 aliphatic rings. The van der Waals surface area contributed by atoms with Crippen molar-refractivity contribution in [2.24, 2.45) is 11.8 Å². The molecular weight excluding hydrogens is 198 g/mol. The quantitative estimate of drug-likeness (QED) is 0.588. The van der Waals surface area contributed by atoms with E-state index >= 15 is 0 Å². The van der Waals surface area contributed by atoms with Gasteiger partial charge in [-0.15, -0.1) is 0 Å². The molecule has 5 unspecified atom stereocenters. The van der Waals surface area contributed by atoms with Gasteiger partial charge in [0.1, 0.15) is 0 Å². The summed E-state index contributed by atoms with van der Waals surface area (Å²) in [5.41, 5.74) is 0. The lowest BCUT2D eigenvalue weighted by molar-refractivity contribution is 0.0782. The summed E-state index contributed by atoms with van der Waals surface area (Å²) in [6.07, 6.45) is 5.37. The molecule has 0 aromatic rings. The summed E-state index contributed by atoms with van der Waals surface area (Å²) in [5.74, 6) is 1.55. The van der Waals surface area contributed by atoms with Crippen molar-refractivity contribution in [2.75, 3.05) is 13.6 Å². The Hall–Kier alpha value is -0.340. The van der Waals surface area contributed by atoms with Gasteiger partial charge in [0.05, 0.1) is 12.2 Å². The van der Waals surface area contributed by atoms with Crippen LogP contribution in [-0.4, -0.2) is 36.7 Å². The number of hydrogen-bond acceptors (Lipinski definition) is 2. The second-order valence-corrected chi connectivity index (χ2v) is 4.37. The Bertz CT molecular complexity index is 239. The minimum Gasteiger partial charge on any atom is -0.366 e. The van der Waals surface area contributed by atoms with E-state index in [2.05, 4.69) is 31.0 Å². The van der Waals surface area contributed by atoms with E-state index in [-0.39, 0.29) is 0 Å². The highest BCUT2D eigenvalue weighted by Gasteiger charge is 2.52. The van der Waals surface area contributed by atoms with Crippen LogP contribution in [0.5, 0.6) is 0 Å². The van der Waals surface area contributed by atoms with Crippen molar-refractivity contribution < 1.29 is 4.74 Å². The Labute approximate surface area is 101 Å². The predicted molar refractivity (Wildman–Crippen MR) is 69.6 cm³/mol. The number of nitrogens with zero attached hydrogens (tertiary/aromatic N) is 1. The molecule has 3 aliphatic heterocycles. The summed E-state index contributed by atoms with van der Waals surface area (Å²) in [6.45, 7) is 11.5. The number of rotatable bonds is 0. The van der Waals surface area contributed by atoms with Gasteiger partial charge >= 0.3 is 0 Å². The summed E-state index contributed by atoms with van der Waals surface area (Å²) < 4.78 is 5.82. The molecule has 0 amide bonds. The van der Waals surface area contributed by atoms with E-state index in [9.17, 15) is 0 Å². The third kappa shape index (κ3) is 2.05. The Morgan fingerprint density at radius 1 is 1.06 bits per heavy atom. The maximum absolute atomic E-state index is 5.82. The minimum atomic E-state index is 0.431. The van der Waals surface area contributed by atoms with Gasteiger partial charge in [-0.05, 0) is 14.0 Å². The smallest absolute Gasteiger partial charge is 0.0812 e. The van der Waals surface area contributed by atoms with Gasteiger partial charge in [0.15, 0.2) is 0 Å². The van der Waals surface area contributed by atoms with Crippen molar-refractivity contribution in [1.29, 1.82) is 0 Å². The van der Waals surface area contributed by atoms with Crippen LogP contribution in [0, 0.1) is 11.8 Å². The molecule has 16 heavy (non-hydrogen) atoms. The predicted octanol–water partition coefficient (Wildman–Crippen LogP) is 2.94. The van der Waals surface area contributed by atoms with Gasteiger partial charge in [0, 0.05) is 24.4 Å². The fourth-order valence-corrected chi connectivity index (χ4v) is 3.07. The Morgan fingerprint density at radius 2 is 1.62 bits per heavy atom. The number of likely N-dealkylation sites (tertiary alicyclic amines) is 1. The molecule has 0 radical (unpaired) electrons. The summed E-state index contributed by atoms with van der Waals surface area (Å²) in [5, 5.41) is 0. The van der Waals surface area contributed by atoms with Gasteiger partial charge in [-0.1, -0.05) is 39.8 Å². The van der Waals surface area contributed by atoms with Crippen LogP contribution in [0.1, 0.15) is 34.6 Å². The fraction of sp³-hybridized carbons (Fsp3) is 0.857. The molecule has 2 fully saturated rings. The highest BCUT2D eigenvalue weighted by molar-refractivity contribution is 5.18. The average molecular weight is 225 g/mol. The first-order valence-corrected chi connectivity index (χ1v) is 6.81. The van der Waals surface area contributed by atoms with Crippen molar-refractivity contribution >= 4 is 0 Å². The average Bonchev–Trinajstić information content (AvgIpc) is 3.00. The van der Waals surface area contributed by atoms with Gasteiger partial charge in [0.2, 0.25) is 0 Å². The van der Waals surface area contributed by atoms with Gasteiger partial charge < -0.3 is 9.64 Å². The van der Waals surface area contributed by atoms with Crippen LogP contribution in [-0.2, 0) is 4.74 Å². The maximum atomic E-state index is 5.82. The number of hydrogen-bond donors (Lipinski definition) is 0. The van der Waals surface area contributed by atoms with Crippen molar-refractivity contribution in [1.82, 2.24) is 4.90 Å². The van der Waals surface area contributed by atoms with Crippen molar-refractivity contribution in [2.45, 2.75) is 52.9 Å². The third-order valence-corrected chi connectivity index (χ3v) is 3.85. The SMILES string of the molecule is CC.CC.CC1C2C3C=CC(O3)C2CN1C. The van der Waals surface area contributed by atoms with Crippen molar-refractivity contribution in [3.8, 4) is 0 Å². The third-order valence-electron chi connectivity index (χ3n) is 3.85. The molecule has 94 valence electrons. The van der Waals surface area contributed by atoms with E-state index in [0.29, 0.717) is 18.2 Å². The molecule has 0 spiro atoms. The molecule has 2 bridgehead atoms. The first-order valence-electron chi connectivity index (χ1n) is 6.81.